The van der Waals surface area contributed by atoms with E-state index in [1.54, 1.807) is 17.1 Å². The molecule has 0 amide bonds. The summed E-state index contributed by atoms with van der Waals surface area (Å²) in [4.78, 5) is 8.25. The van der Waals surface area contributed by atoms with Crippen molar-refractivity contribution in [3.05, 3.63) is 36.5 Å². The number of hydrogen-bond acceptors (Lipinski definition) is 3. The highest BCUT2D eigenvalue weighted by Crippen LogP contribution is 2.13. The summed E-state index contributed by atoms with van der Waals surface area (Å²) >= 11 is 0. The van der Waals surface area contributed by atoms with Crippen LogP contribution in [0.1, 0.15) is 5.69 Å². The monoisotopic (exact) mass is 174 g/mol. The minimum Gasteiger partial charge on any atom is -0.396 e. The van der Waals surface area contributed by atoms with Crippen LogP contribution in [0.25, 0.3) is 5.82 Å². The maximum atomic E-state index is 5.77. The summed E-state index contributed by atoms with van der Waals surface area (Å²) in [6.07, 6.45) is 5.19. The van der Waals surface area contributed by atoms with Crippen LogP contribution in [0.2, 0.25) is 0 Å². The molecular weight excluding hydrogens is 164 g/mol. The van der Waals surface area contributed by atoms with Crippen molar-refractivity contribution in [1.82, 2.24) is 14.5 Å². The van der Waals surface area contributed by atoms with Gasteiger partial charge in [0.25, 0.3) is 0 Å². The van der Waals surface area contributed by atoms with Gasteiger partial charge in [-0.1, -0.05) is 0 Å². The Morgan fingerprint density at radius 2 is 2.23 bits per heavy atom. The van der Waals surface area contributed by atoms with Gasteiger partial charge < -0.3 is 5.73 Å². The summed E-state index contributed by atoms with van der Waals surface area (Å²) in [5.41, 5.74) is 7.37. The Kier molecular flexibility index (Phi) is 1.73. The normalized spacial score (nSPS) is 10.2. The second-order valence-corrected chi connectivity index (χ2v) is 2.84. The molecule has 0 atom stereocenters. The van der Waals surface area contributed by atoms with Gasteiger partial charge in [0.2, 0.25) is 0 Å². The third-order valence-corrected chi connectivity index (χ3v) is 1.79. The maximum Gasteiger partial charge on any atom is 0.161 e. The number of aryl methyl sites for hydroxylation is 1. The largest absolute Gasteiger partial charge is 0.396 e. The summed E-state index contributed by atoms with van der Waals surface area (Å²) in [5, 5.41) is 0. The molecule has 0 fully saturated rings. The summed E-state index contributed by atoms with van der Waals surface area (Å²) < 4.78 is 1.79. The Bertz CT molecular complexity index is 406. The molecule has 2 rings (SSSR count). The van der Waals surface area contributed by atoms with Gasteiger partial charge in [-0.2, -0.15) is 0 Å². The van der Waals surface area contributed by atoms with Gasteiger partial charge in [-0.3, -0.25) is 4.57 Å². The molecule has 0 aromatic carbocycles. The first-order chi connectivity index (χ1) is 6.27. The Balaban J connectivity index is 2.57. The van der Waals surface area contributed by atoms with Crippen molar-refractivity contribution in [2.45, 2.75) is 6.92 Å². The van der Waals surface area contributed by atoms with Gasteiger partial charge in [0.05, 0.1) is 5.69 Å². The van der Waals surface area contributed by atoms with E-state index in [1.807, 2.05) is 25.3 Å². The predicted molar refractivity (Wildman–Crippen MR) is 50.5 cm³/mol. The molecule has 0 spiro atoms. The Morgan fingerprint density at radius 3 is 2.92 bits per heavy atom. The predicted octanol–water partition coefficient (Wildman–Crippen LogP) is 1.16. The van der Waals surface area contributed by atoms with E-state index in [0.717, 1.165) is 11.5 Å². The molecule has 0 bridgehead atoms. The van der Waals surface area contributed by atoms with Crippen LogP contribution in [0.3, 0.4) is 0 Å². The van der Waals surface area contributed by atoms with E-state index in [4.69, 9.17) is 5.73 Å². The van der Waals surface area contributed by atoms with E-state index >= 15 is 0 Å². The van der Waals surface area contributed by atoms with Gasteiger partial charge in [-0.25, -0.2) is 9.97 Å². The van der Waals surface area contributed by atoms with Crippen molar-refractivity contribution < 1.29 is 0 Å². The number of imidazole rings is 1. The average molecular weight is 174 g/mol. The minimum atomic E-state index is 0.656. The number of hydrogen-bond donors (Lipinski definition) is 1. The number of anilines is 1. The SMILES string of the molecule is Cc1ccc(N)c(-n2ccnc2)n1. The van der Waals surface area contributed by atoms with Gasteiger partial charge >= 0.3 is 0 Å². The lowest BCUT2D eigenvalue weighted by atomic mass is 10.3. The van der Waals surface area contributed by atoms with Gasteiger partial charge in [-0.05, 0) is 19.1 Å². The molecule has 4 heteroatoms. The van der Waals surface area contributed by atoms with E-state index in [9.17, 15) is 0 Å². The van der Waals surface area contributed by atoms with Crippen molar-refractivity contribution in [3.63, 3.8) is 0 Å². The molecule has 2 N–H and O–H groups in total. The lowest BCUT2D eigenvalue weighted by Crippen LogP contribution is -2.01. The second-order valence-electron chi connectivity index (χ2n) is 2.84. The highest BCUT2D eigenvalue weighted by molar-refractivity contribution is 5.53. The quantitative estimate of drug-likeness (QED) is 0.705. The molecule has 0 aliphatic carbocycles. The molecular formula is C9H10N4. The maximum absolute atomic E-state index is 5.77. The molecule has 0 aliphatic rings. The van der Waals surface area contributed by atoms with Crippen molar-refractivity contribution in [2.24, 2.45) is 0 Å². The summed E-state index contributed by atoms with van der Waals surface area (Å²) in [5.74, 6) is 0.734. The second kappa shape index (κ2) is 2.90. The van der Waals surface area contributed by atoms with Crippen molar-refractivity contribution in [1.29, 1.82) is 0 Å². The van der Waals surface area contributed by atoms with Crippen LogP contribution >= 0.6 is 0 Å². The third kappa shape index (κ3) is 1.38. The van der Waals surface area contributed by atoms with Gasteiger partial charge in [-0.15, -0.1) is 0 Å². The number of nitrogens with zero attached hydrogens (tertiary/aromatic N) is 3. The fourth-order valence-corrected chi connectivity index (χ4v) is 1.14. The molecule has 0 saturated carbocycles. The molecule has 66 valence electrons. The molecule has 0 aliphatic heterocycles. The van der Waals surface area contributed by atoms with Crippen LogP contribution in [0.5, 0.6) is 0 Å². The Labute approximate surface area is 76.1 Å². The number of aromatic nitrogens is 3. The Morgan fingerprint density at radius 1 is 1.38 bits per heavy atom. The van der Waals surface area contributed by atoms with Crippen LogP contribution in [-0.2, 0) is 0 Å². The zero-order valence-electron chi connectivity index (χ0n) is 7.31. The van der Waals surface area contributed by atoms with E-state index in [0.29, 0.717) is 5.69 Å². The highest BCUT2D eigenvalue weighted by Gasteiger charge is 2.01. The molecule has 0 radical (unpaired) electrons. The first-order valence-electron chi connectivity index (χ1n) is 3.99. The van der Waals surface area contributed by atoms with E-state index < -0.39 is 0 Å². The van der Waals surface area contributed by atoms with E-state index in [-0.39, 0.29) is 0 Å². The van der Waals surface area contributed by atoms with Crippen LogP contribution in [0.15, 0.2) is 30.9 Å². The Hall–Kier alpha value is -1.84. The zero-order valence-corrected chi connectivity index (χ0v) is 7.31. The fourth-order valence-electron chi connectivity index (χ4n) is 1.14. The summed E-state index contributed by atoms with van der Waals surface area (Å²) in [6.45, 7) is 1.93. The fraction of sp³-hybridized carbons (Fsp3) is 0.111. The smallest absolute Gasteiger partial charge is 0.161 e. The molecule has 0 saturated heterocycles. The van der Waals surface area contributed by atoms with E-state index in [2.05, 4.69) is 9.97 Å². The standard InChI is InChI=1S/C9H10N4/c1-7-2-3-8(10)9(12-7)13-5-4-11-6-13/h2-6H,10H2,1H3. The molecule has 2 aromatic heterocycles. The highest BCUT2D eigenvalue weighted by atomic mass is 15.1. The van der Waals surface area contributed by atoms with Crippen LogP contribution in [0.4, 0.5) is 5.69 Å². The van der Waals surface area contributed by atoms with Crippen molar-refractivity contribution in [3.8, 4) is 5.82 Å². The number of nitrogen functional groups attached to an aromatic ring is 1. The van der Waals surface area contributed by atoms with Crippen LogP contribution in [0, 0.1) is 6.92 Å². The third-order valence-electron chi connectivity index (χ3n) is 1.79. The first kappa shape index (κ1) is 7.79. The minimum absolute atomic E-state index is 0.656. The lowest BCUT2D eigenvalue weighted by molar-refractivity contribution is 0.980. The van der Waals surface area contributed by atoms with Gasteiger partial charge in [0.1, 0.15) is 6.33 Å². The summed E-state index contributed by atoms with van der Waals surface area (Å²) in [7, 11) is 0. The van der Waals surface area contributed by atoms with Crippen LogP contribution < -0.4 is 5.73 Å². The molecule has 2 heterocycles. The number of nitrogens with two attached hydrogens (primary N) is 1. The lowest BCUT2D eigenvalue weighted by Gasteiger charge is -2.05. The first-order valence-corrected chi connectivity index (χ1v) is 3.99. The van der Waals surface area contributed by atoms with Gasteiger partial charge in [0.15, 0.2) is 5.82 Å². The molecule has 0 unspecified atom stereocenters. The number of rotatable bonds is 1. The molecule has 2 aromatic rings. The van der Waals surface area contributed by atoms with Crippen molar-refractivity contribution in [2.75, 3.05) is 5.73 Å². The van der Waals surface area contributed by atoms with Gasteiger partial charge in [0, 0.05) is 18.1 Å². The van der Waals surface area contributed by atoms with E-state index in [1.165, 1.54) is 0 Å². The average Bonchev–Trinajstić information content (AvgIpc) is 2.61. The molecule has 4 nitrogen and oxygen atoms in total. The zero-order chi connectivity index (χ0) is 9.26. The number of pyridine rings is 1. The summed E-state index contributed by atoms with van der Waals surface area (Å²) in [6, 6.07) is 3.73. The molecule has 13 heavy (non-hydrogen) atoms. The van der Waals surface area contributed by atoms with Crippen molar-refractivity contribution >= 4 is 5.69 Å². The van der Waals surface area contributed by atoms with Crippen LogP contribution in [-0.4, -0.2) is 14.5 Å². The topological polar surface area (TPSA) is 56.7 Å².